The zero-order chi connectivity index (χ0) is 14.0. The predicted molar refractivity (Wildman–Crippen MR) is 85.3 cm³/mol. The molecule has 1 heterocycles. The van der Waals surface area contributed by atoms with E-state index in [1.54, 1.807) is 0 Å². The average Bonchev–Trinajstić information content (AvgIpc) is 2.89. The van der Waals surface area contributed by atoms with Crippen LogP contribution in [-0.4, -0.2) is 11.5 Å². The molecule has 2 aromatic rings. The molecular weight excluding hydrogens is 264 g/mol. The molecule has 1 aromatic carbocycles. The third kappa shape index (κ3) is 2.29. The fourth-order valence-corrected chi connectivity index (χ4v) is 4.24. The van der Waals surface area contributed by atoms with Gasteiger partial charge in [0, 0.05) is 22.5 Å². The first-order chi connectivity index (χ1) is 9.76. The third-order valence-corrected chi connectivity index (χ3v) is 5.79. The van der Waals surface area contributed by atoms with Crippen LogP contribution in [0.4, 0.5) is 0 Å². The Hall–Kier alpha value is -1.19. The molecule has 1 aromatic heterocycles. The molecule has 1 aliphatic rings. The van der Waals surface area contributed by atoms with Crippen molar-refractivity contribution in [2.45, 2.75) is 44.6 Å². The van der Waals surface area contributed by atoms with Gasteiger partial charge in [0.05, 0.1) is 0 Å². The van der Waals surface area contributed by atoms with Crippen LogP contribution in [-0.2, 0) is 5.41 Å². The van der Waals surface area contributed by atoms with Crippen molar-refractivity contribution in [2.24, 2.45) is 0 Å². The number of benzene rings is 1. The minimum absolute atomic E-state index is 0.191. The van der Waals surface area contributed by atoms with Crippen molar-refractivity contribution < 1.29 is 0 Å². The molecule has 0 aliphatic heterocycles. The van der Waals surface area contributed by atoms with Gasteiger partial charge in [-0.2, -0.15) is 0 Å². The Balaban J connectivity index is 1.91. The lowest BCUT2D eigenvalue weighted by Gasteiger charge is -2.40. The van der Waals surface area contributed by atoms with Crippen molar-refractivity contribution in [3.05, 3.63) is 52.0 Å². The molecule has 3 rings (SSSR count). The summed E-state index contributed by atoms with van der Waals surface area (Å²) in [7, 11) is 0. The Morgan fingerprint density at radius 3 is 2.65 bits per heavy atom. The van der Waals surface area contributed by atoms with Crippen LogP contribution < -0.4 is 5.32 Å². The Kier molecular flexibility index (Phi) is 3.90. The fraction of sp³-hybridized carbons (Fsp3) is 0.471. The second-order valence-electron chi connectivity index (χ2n) is 5.65. The van der Waals surface area contributed by atoms with Crippen molar-refractivity contribution in [1.82, 2.24) is 10.3 Å². The second kappa shape index (κ2) is 5.66. The fourth-order valence-electron chi connectivity index (χ4n) is 3.03. The van der Waals surface area contributed by atoms with E-state index in [1.165, 1.54) is 34.7 Å². The molecule has 2 nitrogen and oxygen atoms in total. The van der Waals surface area contributed by atoms with Crippen LogP contribution in [0.2, 0.25) is 0 Å². The zero-order valence-corrected chi connectivity index (χ0v) is 13.0. The highest BCUT2D eigenvalue weighted by Crippen LogP contribution is 2.50. The highest BCUT2D eigenvalue weighted by atomic mass is 32.1. The van der Waals surface area contributed by atoms with Crippen molar-refractivity contribution >= 4 is 11.3 Å². The van der Waals surface area contributed by atoms with Crippen LogP contribution >= 0.6 is 11.3 Å². The summed E-state index contributed by atoms with van der Waals surface area (Å²) in [6.45, 7) is 5.37. The van der Waals surface area contributed by atoms with Gasteiger partial charge in [-0.05, 0) is 31.9 Å². The van der Waals surface area contributed by atoms with Crippen LogP contribution in [0, 0.1) is 0 Å². The summed E-state index contributed by atoms with van der Waals surface area (Å²) in [5.74, 6) is 0. The summed E-state index contributed by atoms with van der Waals surface area (Å²) in [4.78, 5) is 6.12. The molecular formula is C17H22N2S. The maximum atomic E-state index is 4.77. The lowest BCUT2D eigenvalue weighted by molar-refractivity contribution is 0.300. The van der Waals surface area contributed by atoms with Crippen molar-refractivity contribution in [3.63, 3.8) is 0 Å². The molecule has 0 radical (unpaired) electrons. The molecule has 0 amide bonds. The van der Waals surface area contributed by atoms with E-state index in [4.69, 9.17) is 4.98 Å². The monoisotopic (exact) mass is 286 g/mol. The van der Waals surface area contributed by atoms with Gasteiger partial charge in [-0.15, -0.1) is 11.3 Å². The molecule has 20 heavy (non-hydrogen) atoms. The maximum Gasteiger partial charge on any atom is 0.103 e. The molecule has 1 fully saturated rings. The minimum atomic E-state index is 0.191. The second-order valence-corrected chi connectivity index (χ2v) is 6.71. The Bertz CT molecular complexity index is 557. The quantitative estimate of drug-likeness (QED) is 0.887. The first kappa shape index (κ1) is 13.8. The normalized spacial score (nSPS) is 18.5. The molecule has 3 heteroatoms. The molecule has 106 valence electrons. The number of nitrogens with zero attached hydrogens (tertiary/aromatic N) is 1. The van der Waals surface area contributed by atoms with E-state index >= 15 is 0 Å². The van der Waals surface area contributed by atoms with Crippen LogP contribution in [0.5, 0.6) is 0 Å². The Morgan fingerprint density at radius 1 is 1.30 bits per heavy atom. The lowest BCUT2D eigenvalue weighted by atomic mass is 9.65. The first-order valence-corrected chi connectivity index (χ1v) is 8.33. The summed E-state index contributed by atoms with van der Waals surface area (Å²) in [5, 5.41) is 4.77. The van der Waals surface area contributed by atoms with E-state index in [9.17, 15) is 0 Å². The SMILES string of the molecule is CCNC(C)c1cnc(C2(c3ccccc3)CCC2)s1. The number of rotatable bonds is 5. The molecule has 1 unspecified atom stereocenters. The number of nitrogens with one attached hydrogen (secondary N) is 1. The number of hydrogen-bond donors (Lipinski definition) is 1. The zero-order valence-electron chi connectivity index (χ0n) is 12.2. The summed E-state index contributed by atoms with van der Waals surface area (Å²) < 4.78 is 0. The highest BCUT2D eigenvalue weighted by Gasteiger charge is 2.42. The first-order valence-electron chi connectivity index (χ1n) is 7.51. The largest absolute Gasteiger partial charge is 0.310 e. The van der Waals surface area contributed by atoms with E-state index in [-0.39, 0.29) is 5.41 Å². The molecule has 1 aliphatic carbocycles. The van der Waals surface area contributed by atoms with Gasteiger partial charge in [-0.25, -0.2) is 4.98 Å². The lowest BCUT2D eigenvalue weighted by Crippen LogP contribution is -2.35. The molecule has 0 spiro atoms. The van der Waals surface area contributed by atoms with E-state index in [2.05, 4.69) is 55.7 Å². The smallest absolute Gasteiger partial charge is 0.103 e. The van der Waals surface area contributed by atoms with Gasteiger partial charge in [-0.3, -0.25) is 0 Å². The van der Waals surface area contributed by atoms with E-state index in [0.717, 1.165) is 6.54 Å². The summed E-state index contributed by atoms with van der Waals surface area (Å²) >= 11 is 1.88. The van der Waals surface area contributed by atoms with Gasteiger partial charge in [0.15, 0.2) is 0 Å². The van der Waals surface area contributed by atoms with Gasteiger partial charge in [-0.1, -0.05) is 43.7 Å². The van der Waals surface area contributed by atoms with Crippen LogP contribution in [0.25, 0.3) is 0 Å². The molecule has 1 saturated carbocycles. The van der Waals surface area contributed by atoms with Gasteiger partial charge >= 0.3 is 0 Å². The predicted octanol–water partition coefficient (Wildman–Crippen LogP) is 4.28. The Labute approximate surface area is 125 Å². The van der Waals surface area contributed by atoms with Crippen LogP contribution in [0.3, 0.4) is 0 Å². The third-order valence-electron chi connectivity index (χ3n) is 4.40. The summed E-state index contributed by atoms with van der Waals surface area (Å²) in [6.07, 6.45) is 5.85. The van der Waals surface area contributed by atoms with Gasteiger partial charge in [0.2, 0.25) is 0 Å². The van der Waals surface area contributed by atoms with Crippen LogP contribution in [0.15, 0.2) is 36.5 Å². The number of thiazole rings is 1. The molecule has 1 N–H and O–H groups in total. The number of hydrogen-bond acceptors (Lipinski definition) is 3. The minimum Gasteiger partial charge on any atom is -0.310 e. The highest BCUT2D eigenvalue weighted by molar-refractivity contribution is 7.11. The Morgan fingerprint density at radius 2 is 2.05 bits per heavy atom. The van der Waals surface area contributed by atoms with Crippen LogP contribution in [0.1, 0.15) is 54.6 Å². The summed E-state index contributed by atoms with van der Waals surface area (Å²) in [5.41, 5.74) is 1.62. The van der Waals surface area contributed by atoms with Crippen molar-refractivity contribution in [3.8, 4) is 0 Å². The summed E-state index contributed by atoms with van der Waals surface area (Å²) in [6, 6.07) is 11.3. The van der Waals surface area contributed by atoms with Gasteiger partial charge in [0.25, 0.3) is 0 Å². The van der Waals surface area contributed by atoms with Gasteiger partial charge < -0.3 is 5.32 Å². The van der Waals surface area contributed by atoms with E-state index in [0.29, 0.717) is 6.04 Å². The standard InChI is InChI=1S/C17H22N2S/c1-3-18-13(2)15-12-19-16(20-15)17(10-7-11-17)14-8-5-4-6-9-14/h4-6,8-9,12-13,18H,3,7,10-11H2,1-2H3. The maximum absolute atomic E-state index is 4.77. The van der Waals surface area contributed by atoms with E-state index < -0.39 is 0 Å². The topological polar surface area (TPSA) is 24.9 Å². The van der Waals surface area contributed by atoms with E-state index in [1.807, 2.05) is 11.3 Å². The molecule has 1 atom stereocenters. The van der Waals surface area contributed by atoms with Crippen molar-refractivity contribution in [1.29, 1.82) is 0 Å². The number of aromatic nitrogens is 1. The molecule has 0 saturated heterocycles. The average molecular weight is 286 g/mol. The van der Waals surface area contributed by atoms with Gasteiger partial charge in [0.1, 0.15) is 5.01 Å². The van der Waals surface area contributed by atoms with Crippen molar-refractivity contribution in [2.75, 3.05) is 6.54 Å². The molecule has 0 bridgehead atoms.